The predicted octanol–water partition coefficient (Wildman–Crippen LogP) is 3.16. The van der Waals surface area contributed by atoms with Crippen LogP contribution in [-0.2, 0) is 10.1 Å². The molecule has 0 fully saturated rings. The SMILES string of the molecule is CCCS(=O)(=O)Oc1cccc2c1Oc1c(c3nccnc3c3nccnc13)N2.[Na]. The van der Waals surface area contributed by atoms with E-state index in [1.54, 1.807) is 49.9 Å². The number of nitrogens with one attached hydrogen (secondary N) is 1. The van der Waals surface area contributed by atoms with Crippen LogP contribution in [0, 0.1) is 0 Å². The van der Waals surface area contributed by atoms with Crippen LogP contribution in [0.3, 0.4) is 0 Å². The van der Waals surface area contributed by atoms with Crippen molar-refractivity contribution in [2.24, 2.45) is 0 Å². The van der Waals surface area contributed by atoms with Crippen molar-refractivity contribution in [2.75, 3.05) is 11.1 Å². The van der Waals surface area contributed by atoms with E-state index in [9.17, 15) is 8.42 Å². The second kappa shape index (κ2) is 7.95. The number of aromatic nitrogens is 4. The summed E-state index contributed by atoms with van der Waals surface area (Å²) in [4.78, 5) is 17.6. The maximum atomic E-state index is 12.2. The second-order valence-corrected chi connectivity index (χ2v) is 8.11. The Kier molecular flexibility index (Phi) is 5.49. The fourth-order valence-electron chi connectivity index (χ4n) is 3.26. The largest absolute Gasteiger partial charge is 0.447 e. The zero-order chi connectivity index (χ0) is 20.0. The van der Waals surface area contributed by atoms with Gasteiger partial charge in [0.05, 0.1) is 11.4 Å². The fourth-order valence-corrected chi connectivity index (χ4v) is 4.25. The molecule has 0 spiro atoms. The first-order chi connectivity index (χ1) is 14.1. The fraction of sp³-hybridized carbons (Fsp3) is 0.158. The van der Waals surface area contributed by atoms with Crippen LogP contribution >= 0.6 is 0 Å². The van der Waals surface area contributed by atoms with E-state index in [0.717, 1.165) is 0 Å². The minimum Gasteiger partial charge on any atom is -0.447 e. The first-order valence-electron chi connectivity index (χ1n) is 8.95. The molecule has 0 saturated carbocycles. The minimum absolute atomic E-state index is 0. The van der Waals surface area contributed by atoms with Gasteiger partial charge in [-0.05, 0) is 18.6 Å². The molecule has 2 aromatic carbocycles. The number of anilines is 2. The first kappa shape index (κ1) is 20.7. The third-order valence-corrected chi connectivity index (χ3v) is 5.76. The Balaban J connectivity index is 0.00000218. The molecule has 1 aliphatic heterocycles. The third-order valence-electron chi connectivity index (χ3n) is 4.41. The molecular formula is C19H15N5NaO4S. The molecule has 5 rings (SSSR count). The molecular weight excluding hydrogens is 417 g/mol. The molecule has 4 aromatic rings. The molecule has 2 aromatic heterocycles. The van der Waals surface area contributed by atoms with Gasteiger partial charge in [0, 0.05) is 54.3 Å². The number of para-hydroxylation sites is 1. The Morgan fingerprint density at radius 3 is 2.27 bits per heavy atom. The molecule has 11 heteroatoms. The van der Waals surface area contributed by atoms with Gasteiger partial charge in [0.25, 0.3) is 0 Å². The summed E-state index contributed by atoms with van der Waals surface area (Å²) in [6, 6.07) is 5.00. The van der Waals surface area contributed by atoms with E-state index < -0.39 is 10.1 Å². The number of rotatable bonds is 4. The smallest absolute Gasteiger partial charge is 0.309 e. The van der Waals surface area contributed by atoms with E-state index in [-0.39, 0.29) is 46.8 Å². The molecule has 0 atom stereocenters. The Morgan fingerprint density at radius 2 is 1.57 bits per heavy atom. The molecule has 9 nitrogen and oxygen atoms in total. The number of hydrogen-bond acceptors (Lipinski definition) is 9. The van der Waals surface area contributed by atoms with Gasteiger partial charge in [-0.1, -0.05) is 13.0 Å². The third kappa shape index (κ3) is 3.45. The number of nitrogens with zero attached hydrogens (tertiary/aromatic N) is 4. The number of fused-ring (bicyclic) bond motifs is 7. The van der Waals surface area contributed by atoms with Gasteiger partial charge in [0.15, 0.2) is 17.2 Å². The second-order valence-electron chi connectivity index (χ2n) is 6.42. The zero-order valence-electron chi connectivity index (χ0n) is 16.3. The van der Waals surface area contributed by atoms with Crippen molar-refractivity contribution in [3.05, 3.63) is 43.0 Å². The van der Waals surface area contributed by atoms with Crippen molar-refractivity contribution in [1.29, 1.82) is 0 Å². The Labute approximate surface area is 194 Å². The van der Waals surface area contributed by atoms with Crippen LogP contribution in [-0.4, -0.2) is 63.7 Å². The topological polar surface area (TPSA) is 116 Å². The molecule has 0 amide bonds. The van der Waals surface area contributed by atoms with Crippen molar-refractivity contribution in [2.45, 2.75) is 13.3 Å². The maximum absolute atomic E-state index is 12.2. The Morgan fingerprint density at radius 1 is 0.933 bits per heavy atom. The number of ether oxygens (including phenoxy) is 1. The maximum Gasteiger partial charge on any atom is 0.309 e. The van der Waals surface area contributed by atoms with Crippen LogP contribution in [0.2, 0.25) is 0 Å². The average Bonchev–Trinajstić information content (AvgIpc) is 2.73. The van der Waals surface area contributed by atoms with Crippen LogP contribution in [0.15, 0.2) is 43.0 Å². The molecule has 30 heavy (non-hydrogen) atoms. The van der Waals surface area contributed by atoms with Gasteiger partial charge in [-0.25, -0.2) is 4.98 Å². The molecule has 1 aliphatic rings. The van der Waals surface area contributed by atoms with Gasteiger partial charge < -0.3 is 14.2 Å². The van der Waals surface area contributed by atoms with Crippen LogP contribution < -0.4 is 14.2 Å². The van der Waals surface area contributed by atoms with Gasteiger partial charge in [-0.3, -0.25) is 15.0 Å². The van der Waals surface area contributed by atoms with E-state index in [4.69, 9.17) is 8.92 Å². The zero-order valence-corrected chi connectivity index (χ0v) is 19.1. The van der Waals surface area contributed by atoms with E-state index in [0.29, 0.717) is 45.6 Å². The molecule has 0 unspecified atom stereocenters. The van der Waals surface area contributed by atoms with Crippen LogP contribution in [0.5, 0.6) is 17.2 Å². The summed E-state index contributed by atoms with van der Waals surface area (Å²) in [5.74, 6) is 0.660. The quantitative estimate of drug-likeness (QED) is 0.260. The molecule has 0 bridgehead atoms. The summed E-state index contributed by atoms with van der Waals surface area (Å²) in [5, 5.41) is 3.26. The summed E-state index contributed by atoms with van der Waals surface area (Å²) < 4.78 is 35.8. The molecule has 0 saturated heterocycles. The summed E-state index contributed by atoms with van der Waals surface area (Å²) in [7, 11) is -3.73. The monoisotopic (exact) mass is 432 g/mol. The molecule has 3 heterocycles. The van der Waals surface area contributed by atoms with E-state index >= 15 is 0 Å². The minimum atomic E-state index is -3.73. The number of hydrogen-bond donors (Lipinski definition) is 1. The van der Waals surface area contributed by atoms with Crippen LogP contribution in [0.1, 0.15) is 13.3 Å². The first-order valence-corrected chi connectivity index (χ1v) is 10.5. The molecule has 1 N–H and O–H groups in total. The van der Waals surface area contributed by atoms with Crippen molar-refractivity contribution >= 4 is 73.1 Å². The average molecular weight is 432 g/mol. The van der Waals surface area contributed by atoms with Crippen molar-refractivity contribution in [3.63, 3.8) is 0 Å². The van der Waals surface area contributed by atoms with Gasteiger partial charge in [-0.15, -0.1) is 0 Å². The summed E-state index contributed by atoms with van der Waals surface area (Å²) in [6.45, 7) is 1.77. The van der Waals surface area contributed by atoms with Gasteiger partial charge in [-0.2, -0.15) is 8.42 Å². The normalized spacial score (nSPS) is 12.3. The van der Waals surface area contributed by atoms with Crippen molar-refractivity contribution < 1.29 is 17.3 Å². The predicted molar refractivity (Wildman–Crippen MR) is 113 cm³/mol. The van der Waals surface area contributed by atoms with Crippen molar-refractivity contribution in [1.82, 2.24) is 19.9 Å². The van der Waals surface area contributed by atoms with Crippen LogP contribution in [0.25, 0.3) is 22.1 Å². The molecule has 1 radical (unpaired) electrons. The molecule has 0 aliphatic carbocycles. The van der Waals surface area contributed by atoms with Gasteiger partial charge in [0.1, 0.15) is 27.8 Å². The summed E-state index contributed by atoms with van der Waals surface area (Å²) >= 11 is 0. The summed E-state index contributed by atoms with van der Waals surface area (Å²) in [5.41, 5.74) is 3.33. The van der Waals surface area contributed by atoms with Gasteiger partial charge >= 0.3 is 10.1 Å². The Bertz CT molecular complexity index is 1380. The molecule has 147 valence electrons. The standard InChI is InChI=1S/C19H15N5O4S.Na/c1-2-10-29(25,26)28-12-5-3-4-11-18(12)27-19-16-14(21-8-9-23-16)13-15(17(19)24-11)22-7-6-20-13;/h3-9,24H,2,10H2,1H3;. The Hall–Kier alpha value is -2.53. The van der Waals surface area contributed by atoms with E-state index in [1.165, 1.54) is 0 Å². The van der Waals surface area contributed by atoms with Crippen molar-refractivity contribution in [3.8, 4) is 17.2 Å². The number of benzene rings is 2. The van der Waals surface area contributed by atoms with E-state index in [1.807, 2.05) is 0 Å². The van der Waals surface area contributed by atoms with E-state index in [2.05, 4.69) is 25.3 Å². The summed E-state index contributed by atoms with van der Waals surface area (Å²) in [6.07, 6.45) is 6.74. The van der Waals surface area contributed by atoms with Crippen LogP contribution in [0.4, 0.5) is 11.4 Å². The van der Waals surface area contributed by atoms with Gasteiger partial charge in [0.2, 0.25) is 0 Å².